The van der Waals surface area contributed by atoms with E-state index in [-0.39, 0.29) is 5.97 Å². The summed E-state index contributed by atoms with van der Waals surface area (Å²) in [6.45, 7) is 4.67. The molecule has 0 aromatic rings. The van der Waals surface area contributed by atoms with Gasteiger partial charge in [-0.15, -0.1) is 11.7 Å². The summed E-state index contributed by atoms with van der Waals surface area (Å²) in [6, 6.07) is 0. The van der Waals surface area contributed by atoms with Gasteiger partial charge in [-0.3, -0.25) is 4.79 Å². The minimum absolute atomic E-state index is 0.0769. The third-order valence-corrected chi connectivity index (χ3v) is 3.58. The largest absolute Gasteiger partial charge is 0.466 e. The number of hydrogen-bond acceptors (Lipinski definition) is 4. The molecule has 0 aliphatic rings. The minimum Gasteiger partial charge on any atom is -0.466 e. The molecule has 0 radical (unpaired) electrons. The van der Waals surface area contributed by atoms with Crippen molar-refractivity contribution in [3.63, 3.8) is 0 Å². The predicted octanol–water partition coefficient (Wildman–Crippen LogP) is 3.47. The zero-order valence-electron chi connectivity index (χ0n) is 8.99. The van der Waals surface area contributed by atoms with Crippen molar-refractivity contribution in [2.75, 3.05) is 6.61 Å². The summed E-state index contributed by atoms with van der Waals surface area (Å²) >= 11 is 4.19. The van der Waals surface area contributed by atoms with Crippen LogP contribution in [0.4, 0.5) is 0 Å². The van der Waals surface area contributed by atoms with Gasteiger partial charge in [0.2, 0.25) is 0 Å². The van der Waals surface area contributed by atoms with Crippen LogP contribution in [0.5, 0.6) is 0 Å². The fourth-order valence-electron chi connectivity index (χ4n) is 1.15. The first kappa shape index (κ1) is 14.2. The molecule has 2 nitrogen and oxygen atoms in total. The Morgan fingerprint density at radius 1 is 1.36 bits per heavy atom. The van der Waals surface area contributed by atoms with Crippen molar-refractivity contribution in [1.29, 1.82) is 0 Å². The van der Waals surface area contributed by atoms with Crippen LogP contribution in [0.15, 0.2) is 0 Å². The highest BCUT2D eigenvalue weighted by molar-refractivity contribution is 8.68. The number of ether oxygens (including phenoxy) is 1. The molecule has 0 spiro atoms. The van der Waals surface area contributed by atoms with E-state index in [1.165, 1.54) is 0 Å². The molecule has 1 atom stereocenters. The molecule has 0 aromatic carbocycles. The quantitative estimate of drug-likeness (QED) is 0.397. The lowest BCUT2D eigenvalue weighted by molar-refractivity contribution is -0.143. The highest BCUT2D eigenvalue weighted by Crippen LogP contribution is 2.22. The van der Waals surface area contributed by atoms with Crippen LogP contribution in [0, 0.1) is 0 Å². The molecule has 0 aliphatic heterocycles. The lowest BCUT2D eigenvalue weighted by Crippen LogP contribution is -2.10. The van der Waals surface area contributed by atoms with E-state index < -0.39 is 0 Å². The zero-order valence-corrected chi connectivity index (χ0v) is 10.7. The average Bonchev–Trinajstić information content (AvgIpc) is 2.17. The molecule has 0 heterocycles. The molecule has 14 heavy (non-hydrogen) atoms. The number of thiol groups is 1. The highest BCUT2D eigenvalue weighted by Gasteiger charge is 2.07. The van der Waals surface area contributed by atoms with Crippen LogP contribution >= 0.6 is 22.5 Å². The normalized spacial score (nSPS) is 12.5. The van der Waals surface area contributed by atoms with Gasteiger partial charge in [0.05, 0.1) is 6.61 Å². The summed E-state index contributed by atoms with van der Waals surface area (Å²) in [5.41, 5.74) is 0. The molecule has 84 valence electrons. The molecule has 0 saturated heterocycles. The Hall–Kier alpha value is 0.170. The lowest BCUT2D eigenvalue weighted by atomic mass is 10.2. The Balaban J connectivity index is 3.45. The second-order valence-corrected chi connectivity index (χ2v) is 4.79. The van der Waals surface area contributed by atoms with Crippen LogP contribution in [0.2, 0.25) is 0 Å². The van der Waals surface area contributed by atoms with Crippen LogP contribution in [0.3, 0.4) is 0 Å². The second kappa shape index (κ2) is 9.71. The summed E-state index contributed by atoms with van der Waals surface area (Å²) in [4.78, 5) is 11.0. The molecule has 0 aromatic heterocycles. The monoisotopic (exact) mass is 236 g/mol. The van der Waals surface area contributed by atoms with Gasteiger partial charge in [0, 0.05) is 11.7 Å². The van der Waals surface area contributed by atoms with Crippen LogP contribution < -0.4 is 0 Å². The van der Waals surface area contributed by atoms with E-state index in [2.05, 4.69) is 18.6 Å². The van der Waals surface area contributed by atoms with Crippen molar-refractivity contribution in [2.45, 2.75) is 51.2 Å². The molecule has 0 amide bonds. The number of esters is 1. The maximum atomic E-state index is 11.0. The third-order valence-electron chi connectivity index (χ3n) is 1.92. The van der Waals surface area contributed by atoms with E-state index in [0.29, 0.717) is 18.3 Å². The van der Waals surface area contributed by atoms with Crippen LogP contribution in [0.25, 0.3) is 0 Å². The molecule has 0 rings (SSSR count). The second-order valence-electron chi connectivity index (χ2n) is 3.28. The maximum Gasteiger partial charge on any atom is 0.305 e. The van der Waals surface area contributed by atoms with Gasteiger partial charge < -0.3 is 4.74 Å². The summed E-state index contributed by atoms with van der Waals surface area (Å²) in [7, 11) is 1.56. The van der Waals surface area contributed by atoms with E-state index in [0.717, 1.165) is 25.7 Å². The van der Waals surface area contributed by atoms with E-state index >= 15 is 0 Å². The first-order valence-corrected chi connectivity index (χ1v) is 7.13. The van der Waals surface area contributed by atoms with Crippen molar-refractivity contribution in [2.24, 2.45) is 0 Å². The summed E-state index contributed by atoms with van der Waals surface area (Å²) in [5, 5.41) is 0.512. The van der Waals surface area contributed by atoms with Crippen LogP contribution in [0.1, 0.15) is 46.0 Å². The Kier molecular flexibility index (Phi) is 9.83. The Morgan fingerprint density at radius 3 is 2.57 bits per heavy atom. The summed E-state index contributed by atoms with van der Waals surface area (Å²) in [6.07, 6.45) is 4.60. The van der Waals surface area contributed by atoms with Gasteiger partial charge in [-0.2, -0.15) is 0 Å². The molecule has 0 aliphatic carbocycles. The molecule has 4 heteroatoms. The van der Waals surface area contributed by atoms with Gasteiger partial charge in [-0.1, -0.05) is 31.1 Å². The lowest BCUT2D eigenvalue weighted by Gasteiger charge is -2.12. The average molecular weight is 236 g/mol. The fraction of sp³-hybridized carbons (Fsp3) is 0.900. The molecule has 0 fully saturated rings. The van der Waals surface area contributed by atoms with Gasteiger partial charge in [0.1, 0.15) is 0 Å². The molecule has 0 bridgehead atoms. The SMILES string of the molecule is CCCC(=O)OCCC(CCC)SS. The van der Waals surface area contributed by atoms with E-state index in [4.69, 9.17) is 4.74 Å². The molecule has 1 unspecified atom stereocenters. The van der Waals surface area contributed by atoms with E-state index in [1.54, 1.807) is 10.8 Å². The Bertz CT molecular complexity index is 151. The molecule has 0 N–H and O–H groups in total. The summed E-state index contributed by atoms with van der Waals surface area (Å²) < 4.78 is 5.07. The predicted molar refractivity (Wildman–Crippen MR) is 65.8 cm³/mol. The van der Waals surface area contributed by atoms with Gasteiger partial charge in [0.25, 0.3) is 0 Å². The van der Waals surface area contributed by atoms with Crippen molar-refractivity contribution in [3.05, 3.63) is 0 Å². The fourth-order valence-corrected chi connectivity index (χ4v) is 2.33. The van der Waals surface area contributed by atoms with Crippen molar-refractivity contribution in [1.82, 2.24) is 0 Å². The number of carbonyl (C=O) groups is 1. The number of rotatable bonds is 8. The maximum absolute atomic E-state index is 11.0. The van der Waals surface area contributed by atoms with E-state index in [1.807, 2.05) is 6.92 Å². The van der Waals surface area contributed by atoms with Gasteiger partial charge in [0.15, 0.2) is 0 Å². The van der Waals surface area contributed by atoms with Gasteiger partial charge in [-0.25, -0.2) is 0 Å². The molecular weight excluding hydrogens is 216 g/mol. The number of carbonyl (C=O) groups excluding carboxylic acids is 1. The Morgan fingerprint density at radius 2 is 2.07 bits per heavy atom. The third kappa shape index (κ3) is 7.56. The minimum atomic E-state index is -0.0769. The smallest absolute Gasteiger partial charge is 0.305 e. The van der Waals surface area contributed by atoms with E-state index in [9.17, 15) is 4.79 Å². The van der Waals surface area contributed by atoms with Crippen molar-refractivity contribution >= 4 is 28.4 Å². The van der Waals surface area contributed by atoms with Crippen LogP contribution in [-0.4, -0.2) is 17.8 Å². The standard InChI is InChI=1S/C10H20O2S2/c1-3-5-9(14-13)7-8-12-10(11)6-4-2/h9,13H,3-8H2,1-2H3. The van der Waals surface area contributed by atoms with Crippen molar-refractivity contribution < 1.29 is 9.53 Å². The first-order valence-electron chi connectivity index (χ1n) is 5.20. The van der Waals surface area contributed by atoms with Crippen molar-refractivity contribution in [3.8, 4) is 0 Å². The first-order chi connectivity index (χ1) is 6.74. The topological polar surface area (TPSA) is 26.3 Å². The van der Waals surface area contributed by atoms with Crippen LogP contribution in [-0.2, 0) is 9.53 Å². The highest BCUT2D eigenvalue weighted by atomic mass is 33.1. The van der Waals surface area contributed by atoms with Gasteiger partial charge >= 0.3 is 5.97 Å². The zero-order chi connectivity index (χ0) is 10.8. The Labute approximate surface area is 96.0 Å². The molecular formula is C10H20O2S2. The summed E-state index contributed by atoms with van der Waals surface area (Å²) in [5.74, 6) is -0.0769. The molecule has 0 saturated carbocycles. The number of hydrogen-bond donors (Lipinski definition) is 1. The van der Waals surface area contributed by atoms with Gasteiger partial charge in [-0.05, 0) is 19.3 Å².